The van der Waals surface area contributed by atoms with E-state index in [0.29, 0.717) is 12.4 Å². The summed E-state index contributed by atoms with van der Waals surface area (Å²) in [6.07, 6.45) is 12.4. The molecular formula is C25H31N5O2S. The Bertz CT molecular complexity index is 1150. The summed E-state index contributed by atoms with van der Waals surface area (Å²) < 4.78 is 8.79. The lowest BCUT2D eigenvalue weighted by atomic mass is 10.1. The van der Waals surface area contributed by atoms with Crippen LogP contribution in [0.25, 0.3) is 10.9 Å². The Kier molecular flexibility index (Phi) is 6.35. The fraction of sp³-hybridized carbons (Fsp3) is 0.480. The molecular weight excluding hydrogens is 434 g/mol. The van der Waals surface area contributed by atoms with Crippen LogP contribution in [0.1, 0.15) is 43.4 Å². The van der Waals surface area contributed by atoms with Crippen LogP contribution < -0.4 is 10.1 Å². The number of carbonyl (C=O) groups is 1. The highest BCUT2D eigenvalue weighted by Crippen LogP contribution is 2.34. The minimum absolute atomic E-state index is 0.0429. The van der Waals surface area contributed by atoms with Crippen LogP contribution in [0.15, 0.2) is 37.2 Å². The standard InChI is InChI=1S/C25H31N5O2S/c1-3-23(31)30-11-6-9-19(16-30)32-24-20-10-12-29(15-18-7-4-5-8-18)21(20)13-22(27-24)28-25-26-14-17(2)33-25/h3,10,12-14,18-19H,1,4-9,11,15-16H2,2H3,(H,26,27,28)/t19-/m0/s1. The van der Waals surface area contributed by atoms with E-state index in [2.05, 4.69) is 39.8 Å². The summed E-state index contributed by atoms with van der Waals surface area (Å²) in [6.45, 7) is 7.99. The first-order valence-electron chi connectivity index (χ1n) is 11.9. The molecule has 1 aliphatic heterocycles. The van der Waals surface area contributed by atoms with E-state index >= 15 is 0 Å². The number of pyridine rings is 1. The summed E-state index contributed by atoms with van der Waals surface area (Å²) in [5, 5.41) is 5.20. The smallest absolute Gasteiger partial charge is 0.246 e. The number of amides is 1. The maximum absolute atomic E-state index is 12.1. The van der Waals surface area contributed by atoms with Gasteiger partial charge in [0, 0.05) is 36.4 Å². The maximum Gasteiger partial charge on any atom is 0.246 e. The van der Waals surface area contributed by atoms with Crippen molar-refractivity contribution in [2.45, 2.75) is 58.1 Å². The van der Waals surface area contributed by atoms with Gasteiger partial charge in [0.2, 0.25) is 11.8 Å². The van der Waals surface area contributed by atoms with Crippen molar-refractivity contribution in [3.05, 3.63) is 42.1 Å². The third-order valence-corrected chi connectivity index (χ3v) is 7.49. The Morgan fingerprint density at radius 2 is 2.18 bits per heavy atom. The van der Waals surface area contributed by atoms with Gasteiger partial charge in [-0.3, -0.25) is 4.79 Å². The van der Waals surface area contributed by atoms with E-state index in [4.69, 9.17) is 9.72 Å². The summed E-state index contributed by atoms with van der Waals surface area (Å²) in [4.78, 5) is 24.3. The Hall–Kier alpha value is -2.87. The number of likely N-dealkylation sites (tertiary alicyclic amines) is 1. The van der Waals surface area contributed by atoms with Crippen LogP contribution in [-0.2, 0) is 11.3 Å². The van der Waals surface area contributed by atoms with Crippen LogP contribution in [-0.4, -0.2) is 44.5 Å². The molecule has 7 nitrogen and oxygen atoms in total. The van der Waals surface area contributed by atoms with Crippen LogP contribution in [0, 0.1) is 12.8 Å². The number of nitrogens with zero attached hydrogens (tertiary/aromatic N) is 4. The second-order valence-electron chi connectivity index (χ2n) is 9.14. The SMILES string of the molecule is C=CC(=O)N1CCC[C@H](Oc2nc(Nc3ncc(C)s3)cc3c2ccn3CC2CCCC2)C1. The van der Waals surface area contributed by atoms with Gasteiger partial charge in [0.05, 0.1) is 17.4 Å². The molecule has 1 amide bonds. The predicted molar refractivity (Wildman–Crippen MR) is 132 cm³/mol. The zero-order valence-corrected chi connectivity index (χ0v) is 19.9. The number of aryl methyl sites for hydroxylation is 1. The normalized spacial score (nSPS) is 19.2. The molecule has 174 valence electrons. The topological polar surface area (TPSA) is 72.3 Å². The molecule has 1 aliphatic carbocycles. The van der Waals surface area contributed by atoms with Crippen molar-refractivity contribution >= 4 is 39.1 Å². The highest BCUT2D eigenvalue weighted by atomic mass is 32.1. The highest BCUT2D eigenvalue weighted by Gasteiger charge is 2.25. The van der Waals surface area contributed by atoms with Gasteiger partial charge in [-0.1, -0.05) is 19.4 Å². The molecule has 0 bridgehead atoms. The van der Waals surface area contributed by atoms with Gasteiger partial charge in [-0.05, 0) is 50.7 Å². The molecule has 0 unspecified atom stereocenters. The fourth-order valence-electron chi connectivity index (χ4n) is 4.99. The fourth-order valence-corrected chi connectivity index (χ4v) is 5.66. The predicted octanol–water partition coefficient (Wildman–Crippen LogP) is 5.29. The van der Waals surface area contributed by atoms with Gasteiger partial charge < -0.3 is 19.5 Å². The second kappa shape index (κ2) is 9.55. The van der Waals surface area contributed by atoms with E-state index in [1.54, 1.807) is 11.3 Å². The van der Waals surface area contributed by atoms with Crippen molar-refractivity contribution in [3.63, 3.8) is 0 Å². The van der Waals surface area contributed by atoms with Crippen LogP contribution >= 0.6 is 11.3 Å². The van der Waals surface area contributed by atoms with Gasteiger partial charge in [-0.2, -0.15) is 4.98 Å². The van der Waals surface area contributed by atoms with Crippen LogP contribution in [0.3, 0.4) is 0 Å². The summed E-state index contributed by atoms with van der Waals surface area (Å²) in [6, 6.07) is 4.21. The number of rotatable bonds is 7. The number of hydrogen-bond donors (Lipinski definition) is 1. The molecule has 1 N–H and O–H groups in total. The molecule has 4 heterocycles. The maximum atomic E-state index is 12.1. The molecule has 8 heteroatoms. The molecule has 0 aromatic carbocycles. The van der Waals surface area contributed by atoms with Crippen molar-refractivity contribution in [3.8, 4) is 5.88 Å². The Balaban J connectivity index is 1.45. The number of anilines is 2. The van der Waals surface area contributed by atoms with Gasteiger partial charge >= 0.3 is 0 Å². The molecule has 0 radical (unpaired) electrons. The van der Waals surface area contributed by atoms with Gasteiger partial charge in [0.25, 0.3) is 0 Å². The average molecular weight is 466 g/mol. The molecule has 1 saturated carbocycles. The highest BCUT2D eigenvalue weighted by molar-refractivity contribution is 7.15. The molecule has 3 aromatic heterocycles. The lowest BCUT2D eigenvalue weighted by molar-refractivity contribution is -0.128. The Morgan fingerprint density at radius 1 is 1.33 bits per heavy atom. The van der Waals surface area contributed by atoms with Crippen molar-refractivity contribution < 1.29 is 9.53 Å². The minimum Gasteiger partial charge on any atom is -0.472 e. The molecule has 2 fully saturated rings. The third kappa shape index (κ3) is 4.90. The van der Waals surface area contributed by atoms with Crippen molar-refractivity contribution in [2.24, 2.45) is 5.92 Å². The third-order valence-electron chi connectivity index (χ3n) is 6.66. The first-order chi connectivity index (χ1) is 16.1. The largest absolute Gasteiger partial charge is 0.472 e. The summed E-state index contributed by atoms with van der Waals surface area (Å²) in [5.74, 6) is 2.03. The number of hydrogen-bond acceptors (Lipinski definition) is 6. The number of piperidine rings is 1. The first-order valence-corrected chi connectivity index (χ1v) is 12.7. The van der Waals surface area contributed by atoms with Crippen molar-refractivity contribution in [2.75, 3.05) is 18.4 Å². The van der Waals surface area contributed by atoms with E-state index < -0.39 is 0 Å². The van der Waals surface area contributed by atoms with E-state index in [1.807, 2.05) is 18.0 Å². The lowest BCUT2D eigenvalue weighted by Crippen LogP contribution is -2.43. The van der Waals surface area contributed by atoms with Crippen molar-refractivity contribution in [1.82, 2.24) is 19.4 Å². The zero-order valence-electron chi connectivity index (χ0n) is 19.1. The lowest BCUT2D eigenvalue weighted by Gasteiger charge is -2.32. The van der Waals surface area contributed by atoms with E-state index in [0.717, 1.165) is 58.6 Å². The second-order valence-corrected chi connectivity index (χ2v) is 10.4. The van der Waals surface area contributed by atoms with Crippen molar-refractivity contribution in [1.29, 1.82) is 0 Å². The minimum atomic E-state index is -0.0890. The average Bonchev–Trinajstić information content (AvgIpc) is 3.57. The summed E-state index contributed by atoms with van der Waals surface area (Å²) in [5.41, 5.74) is 1.12. The molecule has 1 saturated heterocycles. The molecule has 5 rings (SSSR count). The molecule has 0 spiro atoms. The van der Waals surface area contributed by atoms with E-state index in [1.165, 1.54) is 31.8 Å². The summed E-state index contributed by atoms with van der Waals surface area (Å²) in [7, 11) is 0. The van der Waals surface area contributed by atoms with E-state index in [-0.39, 0.29) is 12.0 Å². The molecule has 3 aromatic rings. The Labute approximate surface area is 198 Å². The van der Waals surface area contributed by atoms with Gasteiger partial charge in [0.1, 0.15) is 11.9 Å². The number of thiazole rings is 1. The van der Waals surface area contributed by atoms with E-state index in [9.17, 15) is 4.79 Å². The molecule has 2 aliphatic rings. The number of aromatic nitrogens is 3. The number of nitrogens with one attached hydrogen (secondary N) is 1. The number of fused-ring (bicyclic) bond motifs is 1. The molecule has 1 atom stereocenters. The monoisotopic (exact) mass is 465 g/mol. The quantitative estimate of drug-likeness (QED) is 0.480. The van der Waals surface area contributed by atoms with Gasteiger partial charge in [-0.15, -0.1) is 11.3 Å². The van der Waals surface area contributed by atoms with Crippen LogP contribution in [0.4, 0.5) is 10.9 Å². The zero-order chi connectivity index (χ0) is 22.8. The molecule has 33 heavy (non-hydrogen) atoms. The number of ether oxygens (including phenoxy) is 1. The van der Waals surface area contributed by atoms with Crippen LogP contribution in [0.5, 0.6) is 5.88 Å². The van der Waals surface area contributed by atoms with Gasteiger partial charge in [-0.25, -0.2) is 4.98 Å². The first kappa shape index (κ1) is 21.9. The van der Waals surface area contributed by atoms with Gasteiger partial charge in [0.15, 0.2) is 5.13 Å². The summed E-state index contributed by atoms with van der Waals surface area (Å²) >= 11 is 1.60. The van der Waals surface area contributed by atoms with Crippen LogP contribution in [0.2, 0.25) is 0 Å². The number of carbonyl (C=O) groups excluding carboxylic acids is 1. The Morgan fingerprint density at radius 3 is 2.94 bits per heavy atom.